The van der Waals surface area contributed by atoms with Crippen molar-refractivity contribution in [1.82, 2.24) is 15.1 Å². The van der Waals surface area contributed by atoms with E-state index in [-0.39, 0.29) is 0 Å². The van der Waals surface area contributed by atoms with E-state index in [1.54, 1.807) is 0 Å². The molecule has 0 radical (unpaired) electrons. The molecule has 0 aliphatic carbocycles. The number of hydrogen-bond acceptors (Lipinski definition) is 2. The largest absolute Gasteiger partial charge is 0.310 e. The Morgan fingerprint density at radius 2 is 1.77 bits per heavy atom. The van der Waals surface area contributed by atoms with E-state index >= 15 is 0 Å². The van der Waals surface area contributed by atoms with Crippen LogP contribution in [-0.2, 0) is 13.1 Å². The first-order valence-corrected chi connectivity index (χ1v) is 8.27. The van der Waals surface area contributed by atoms with Crippen molar-refractivity contribution in [2.75, 3.05) is 0 Å². The van der Waals surface area contributed by atoms with Crippen LogP contribution in [0.5, 0.6) is 0 Å². The van der Waals surface area contributed by atoms with Crippen LogP contribution >= 0.6 is 0 Å². The van der Waals surface area contributed by atoms with Gasteiger partial charge in [-0.3, -0.25) is 4.68 Å². The number of nitrogens with zero attached hydrogens (tertiary/aromatic N) is 2. The zero-order chi connectivity index (χ0) is 16.1. The van der Waals surface area contributed by atoms with Crippen LogP contribution < -0.4 is 5.32 Å². The second-order valence-corrected chi connectivity index (χ2v) is 6.70. The van der Waals surface area contributed by atoms with Crippen molar-refractivity contribution in [3.8, 4) is 0 Å². The maximum absolute atomic E-state index is 4.72. The number of aryl methyl sites for hydroxylation is 1. The molecular formula is C19H29N3. The monoisotopic (exact) mass is 299 g/mol. The molecule has 1 heterocycles. The molecule has 2 rings (SSSR count). The topological polar surface area (TPSA) is 29.9 Å². The second-order valence-electron chi connectivity index (χ2n) is 6.70. The fraction of sp³-hybridized carbons (Fsp3) is 0.526. The van der Waals surface area contributed by atoms with Crippen molar-refractivity contribution in [2.24, 2.45) is 5.92 Å². The molecule has 120 valence electrons. The van der Waals surface area contributed by atoms with Gasteiger partial charge in [-0.2, -0.15) is 5.10 Å². The highest BCUT2D eigenvalue weighted by atomic mass is 15.3. The van der Waals surface area contributed by atoms with Crippen molar-refractivity contribution < 1.29 is 0 Å². The van der Waals surface area contributed by atoms with Gasteiger partial charge in [-0.1, -0.05) is 44.2 Å². The molecule has 3 nitrogen and oxygen atoms in total. The molecule has 0 spiro atoms. The Hall–Kier alpha value is -1.61. The van der Waals surface area contributed by atoms with E-state index in [0.29, 0.717) is 6.04 Å². The lowest BCUT2D eigenvalue weighted by Crippen LogP contribution is -2.27. The Balaban J connectivity index is 2.04. The molecule has 0 aliphatic heterocycles. The molecule has 0 fully saturated rings. The third-order valence-corrected chi connectivity index (χ3v) is 4.16. The van der Waals surface area contributed by atoms with Gasteiger partial charge in [0.05, 0.1) is 12.2 Å². The molecule has 0 aliphatic rings. The minimum Gasteiger partial charge on any atom is -0.310 e. The Kier molecular flexibility index (Phi) is 5.78. The van der Waals surface area contributed by atoms with E-state index in [1.165, 1.54) is 23.2 Å². The number of aromatic nitrogens is 2. The number of rotatable bonds is 7. The van der Waals surface area contributed by atoms with Gasteiger partial charge in [0.25, 0.3) is 0 Å². The summed E-state index contributed by atoms with van der Waals surface area (Å²) < 4.78 is 2.12. The predicted molar refractivity (Wildman–Crippen MR) is 93.0 cm³/mol. The van der Waals surface area contributed by atoms with Crippen LogP contribution in [0.15, 0.2) is 30.3 Å². The van der Waals surface area contributed by atoms with Gasteiger partial charge >= 0.3 is 0 Å². The highest BCUT2D eigenvalue weighted by molar-refractivity contribution is 5.26. The third-order valence-electron chi connectivity index (χ3n) is 4.16. The van der Waals surface area contributed by atoms with Gasteiger partial charge in [0.2, 0.25) is 0 Å². The van der Waals surface area contributed by atoms with Crippen LogP contribution in [0, 0.1) is 19.8 Å². The fourth-order valence-electron chi connectivity index (χ4n) is 2.97. The number of benzene rings is 1. The summed E-state index contributed by atoms with van der Waals surface area (Å²) in [7, 11) is 0. The van der Waals surface area contributed by atoms with E-state index in [1.807, 2.05) is 0 Å². The maximum atomic E-state index is 4.72. The Morgan fingerprint density at radius 3 is 2.41 bits per heavy atom. The molecule has 1 aromatic carbocycles. The summed E-state index contributed by atoms with van der Waals surface area (Å²) in [5, 5.41) is 8.36. The van der Waals surface area contributed by atoms with E-state index in [4.69, 9.17) is 5.10 Å². The summed E-state index contributed by atoms with van der Waals surface area (Å²) in [6.07, 6.45) is 1.20. The van der Waals surface area contributed by atoms with Gasteiger partial charge in [-0.25, -0.2) is 0 Å². The van der Waals surface area contributed by atoms with Crippen molar-refractivity contribution >= 4 is 0 Å². The van der Waals surface area contributed by atoms with Crippen LogP contribution in [0.1, 0.15) is 49.7 Å². The van der Waals surface area contributed by atoms with Gasteiger partial charge in [-0.15, -0.1) is 0 Å². The Bertz CT molecular complexity index is 584. The first kappa shape index (κ1) is 16.8. The summed E-state index contributed by atoms with van der Waals surface area (Å²) in [4.78, 5) is 0. The average molecular weight is 299 g/mol. The van der Waals surface area contributed by atoms with Crippen molar-refractivity contribution in [3.63, 3.8) is 0 Å². The average Bonchev–Trinajstić information content (AvgIpc) is 2.72. The fourth-order valence-corrected chi connectivity index (χ4v) is 2.97. The van der Waals surface area contributed by atoms with Crippen LogP contribution in [0.2, 0.25) is 0 Å². The molecule has 1 atom stereocenters. The van der Waals surface area contributed by atoms with Crippen LogP contribution in [0.4, 0.5) is 0 Å². The summed E-state index contributed by atoms with van der Waals surface area (Å²) >= 11 is 0. The lowest BCUT2D eigenvalue weighted by molar-refractivity contribution is 0.440. The molecule has 1 aromatic heterocycles. The molecule has 0 saturated heterocycles. The number of hydrogen-bond donors (Lipinski definition) is 1. The van der Waals surface area contributed by atoms with E-state index in [2.05, 4.69) is 74.9 Å². The summed E-state index contributed by atoms with van der Waals surface area (Å²) in [5.41, 5.74) is 5.04. The quantitative estimate of drug-likeness (QED) is 0.835. The predicted octanol–water partition coefficient (Wildman–Crippen LogP) is 4.07. The zero-order valence-corrected chi connectivity index (χ0v) is 14.6. The second kappa shape index (κ2) is 7.59. The zero-order valence-electron chi connectivity index (χ0n) is 14.6. The highest BCUT2D eigenvalue weighted by Gasteiger charge is 2.13. The molecule has 0 unspecified atom stereocenters. The summed E-state index contributed by atoms with van der Waals surface area (Å²) in [6.45, 7) is 12.8. The molecule has 1 N–H and O–H groups in total. The van der Waals surface area contributed by atoms with Crippen molar-refractivity contribution in [3.05, 3.63) is 52.8 Å². The third kappa shape index (κ3) is 4.44. The van der Waals surface area contributed by atoms with E-state index in [9.17, 15) is 0 Å². The first-order valence-electron chi connectivity index (χ1n) is 8.27. The number of nitrogens with one attached hydrogen (secondary N) is 1. The lowest BCUT2D eigenvalue weighted by atomic mass is 10.0. The van der Waals surface area contributed by atoms with Gasteiger partial charge in [0.15, 0.2) is 0 Å². The summed E-state index contributed by atoms with van der Waals surface area (Å²) in [5.74, 6) is 0.727. The normalized spacial score (nSPS) is 12.8. The molecule has 3 heteroatoms. The van der Waals surface area contributed by atoms with Crippen molar-refractivity contribution in [1.29, 1.82) is 0 Å². The molecular weight excluding hydrogens is 270 g/mol. The lowest BCUT2D eigenvalue weighted by Gasteiger charge is -2.16. The molecule has 0 amide bonds. The van der Waals surface area contributed by atoms with Gasteiger partial charge < -0.3 is 5.32 Å². The molecule has 2 aromatic rings. The van der Waals surface area contributed by atoms with E-state index in [0.717, 1.165) is 24.7 Å². The van der Waals surface area contributed by atoms with Gasteiger partial charge in [0, 0.05) is 23.8 Å². The highest BCUT2D eigenvalue weighted by Crippen LogP contribution is 2.15. The van der Waals surface area contributed by atoms with Gasteiger partial charge in [0.1, 0.15) is 0 Å². The summed E-state index contributed by atoms with van der Waals surface area (Å²) in [6, 6.07) is 11.1. The Labute approximate surface area is 134 Å². The molecule has 0 bridgehead atoms. The standard InChI is InChI=1S/C19H29N3/c1-14(2)11-15(3)20-12-19-16(4)21-22(17(19)5)13-18-9-7-6-8-10-18/h6-10,14-15,20H,11-13H2,1-5H3/t15-/m0/s1. The van der Waals surface area contributed by atoms with Crippen LogP contribution in [0.25, 0.3) is 0 Å². The maximum Gasteiger partial charge on any atom is 0.0662 e. The SMILES string of the molecule is Cc1nn(Cc2ccccc2)c(C)c1CN[C@@H](C)CC(C)C. The first-order chi connectivity index (χ1) is 10.5. The molecule has 0 saturated carbocycles. The van der Waals surface area contributed by atoms with Crippen molar-refractivity contribution in [2.45, 2.75) is 60.2 Å². The minimum atomic E-state index is 0.538. The van der Waals surface area contributed by atoms with E-state index < -0.39 is 0 Å². The van der Waals surface area contributed by atoms with Crippen LogP contribution in [-0.4, -0.2) is 15.8 Å². The van der Waals surface area contributed by atoms with Gasteiger partial charge in [-0.05, 0) is 38.7 Å². The smallest absolute Gasteiger partial charge is 0.0662 e. The van der Waals surface area contributed by atoms with Crippen LogP contribution in [0.3, 0.4) is 0 Å². The minimum absolute atomic E-state index is 0.538. The Morgan fingerprint density at radius 1 is 1.09 bits per heavy atom. The molecule has 22 heavy (non-hydrogen) atoms.